The average Bonchev–Trinajstić information content (AvgIpc) is 2.99. The van der Waals surface area contributed by atoms with Gasteiger partial charge >= 0.3 is 0 Å². The highest BCUT2D eigenvalue weighted by Gasteiger charge is 2.36. The Balaban J connectivity index is 1.90. The predicted octanol–water partition coefficient (Wildman–Crippen LogP) is 1.33. The van der Waals surface area contributed by atoms with Crippen LogP contribution in [0, 0.1) is 0 Å². The van der Waals surface area contributed by atoms with Crippen LogP contribution >= 0.6 is 11.3 Å². The van der Waals surface area contributed by atoms with E-state index in [-0.39, 0.29) is 36.6 Å². The van der Waals surface area contributed by atoms with Gasteiger partial charge in [-0.05, 0) is 42.7 Å². The van der Waals surface area contributed by atoms with Crippen molar-refractivity contribution < 1.29 is 14.4 Å². The van der Waals surface area contributed by atoms with Crippen molar-refractivity contribution >= 4 is 29.1 Å². The number of hydrogen-bond acceptors (Lipinski definition) is 4. The normalized spacial score (nSPS) is 18.2. The Morgan fingerprint density at radius 2 is 2.00 bits per heavy atom. The fourth-order valence-electron chi connectivity index (χ4n) is 2.32. The van der Waals surface area contributed by atoms with Crippen LogP contribution in [-0.4, -0.2) is 34.7 Å². The van der Waals surface area contributed by atoms with Crippen LogP contribution in [0.2, 0.25) is 0 Å². The minimum Gasteiger partial charge on any atom is -0.352 e. The molecule has 6 heteroatoms. The van der Waals surface area contributed by atoms with Crippen molar-refractivity contribution in [1.29, 1.82) is 0 Å². The maximum Gasteiger partial charge on any atom is 0.243 e. The van der Waals surface area contributed by atoms with E-state index in [9.17, 15) is 14.4 Å². The third-order valence-corrected chi connectivity index (χ3v) is 4.10. The van der Waals surface area contributed by atoms with Gasteiger partial charge in [-0.2, -0.15) is 11.3 Å². The van der Waals surface area contributed by atoms with Crippen molar-refractivity contribution in [3.05, 3.63) is 22.4 Å². The van der Waals surface area contributed by atoms with Crippen LogP contribution in [-0.2, 0) is 20.8 Å². The quantitative estimate of drug-likeness (QED) is 0.833. The molecule has 1 aliphatic heterocycles. The minimum absolute atomic E-state index is 0.0349. The molecule has 0 radical (unpaired) electrons. The third kappa shape index (κ3) is 3.25. The van der Waals surface area contributed by atoms with Crippen LogP contribution in [0.4, 0.5) is 0 Å². The van der Waals surface area contributed by atoms with Gasteiger partial charge in [-0.15, -0.1) is 0 Å². The molecule has 2 heterocycles. The monoisotopic (exact) mass is 294 g/mol. The van der Waals surface area contributed by atoms with E-state index in [0.717, 1.165) is 11.3 Å². The highest BCUT2D eigenvalue weighted by molar-refractivity contribution is 7.07. The van der Waals surface area contributed by atoms with Gasteiger partial charge in [-0.3, -0.25) is 19.3 Å². The first-order chi connectivity index (χ1) is 9.49. The Morgan fingerprint density at radius 3 is 2.55 bits per heavy atom. The number of nitrogens with zero attached hydrogens (tertiary/aromatic N) is 1. The standard InChI is InChI=1S/C14H18N2O3S/c1-9(7-11-5-6-20-8-11)15-14(19)10(2)16-12(17)3-4-13(16)18/h5-6,8-10H,3-4,7H2,1-2H3,(H,15,19)/t9-,10+/m0/s1. The molecule has 1 aromatic rings. The van der Waals surface area contributed by atoms with Gasteiger partial charge in [0.15, 0.2) is 0 Å². The van der Waals surface area contributed by atoms with Crippen molar-refractivity contribution in [3.8, 4) is 0 Å². The first-order valence-corrected chi connectivity index (χ1v) is 7.59. The Hall–Kier alpha value is -1.69. The topological polar surface area (TPSA) is 66.5 Å². The lowest BCUT2D eigenvalue weighted by molar-refractivity contribution is -0.146. The molecule has 3 amide bonds. The molecule has 2 atom stereocenters. The van der Waals surface area contributed by atoms with E-state index < -0.39 is 6.04 Å². The molecular formula is C14H18N2O3S. The summed E-state index contributed by atoms with van der Waals surface area (Å²) in [6.07, 6.45) is 1.16. The number of carbonyl (C=O) groups is 3. The molecule has 0 spiro atoms. The summed E-state index contributed by atoms with van der Waals surface area (Å²) in [5, 5.41) is 6.89. The lowest BCUT2D eigenvalue weighted by Gasteiger charge is -2.23. The van der Waals surface area contributed by atoms with Gasteiger partial charge in [0.2, 0.25) is 17.7 Å². The maximum atomic E-state index is 12.1. The Labute approximate surface area is 122 Å². The zero-order valence-electron chi connectivity index (χ0n) is 11.6. The van der Waals surface area contributed by atoms with E-state index in [1.807, 2.05) is 23.8 Å². The molecule has 1 N–H and O–H groups in total. The van der Waals surface area contributed by atoms with Gasteiger partial charge in [-0.1, -0.05) is 0 Å². The van der Waals surface area contributed by atoms with E-state index in [1.54, 1.807) is 18.3 Å². The molecule has 1 aromatic heterocycles. The van der Waals surface area contributed by atoms with Gasteiger partial charge in [0, 0.05) is 18.9 Å². The van der Waals surface area contributed by atoms with Gasteiger partial charge < -0.3 is 5.32 Å². The predicted molar refractivity (Wildman–Crippen MR) is 76.2 cm³/mol. The molecule has 0 bridgehead atoms. The molecule has 0 aromatic carbocycles. The molecule has 20 heavy (non-hydrogen) atoms. The summed E-state index contributed by atoms with van der Waals surface area (Å²) in [5.41, 5.74) is 1.17. The van der Waals surface area contributed by atoms with Gasteiger partial charge in [0.1, 0.15) is 6.04 Å². The van der Waals surface area contributed by atoms with Crippen LogP contribution in [0.1, 0.15) is 32.3 Å². The first kappa shape index (κ1) is 14.7. The smallest absolute Gasteiger partial charge is 0.243 e. The van der Waals surface area contributed by atoms with Crippen molar-refractivity contribution in [2.45, 2.75) is 45.2 Å². The number of likely N-dealkylation sites (tertiary alicyclic amines) is 1. The zero-order chi connectivity index (χ0) is 14.7. The van der Waals surface area contributed by atoms with E-state index in [4.69, 9.17) is 0 Å². The van der Waals surface area contributed by atoms with E-state index in [1.165, 1.54) is 5.56 Å². The molecule has 0 aliphatic carbocycles. The first-order valence-electron chi connectivity index (χ1n) is 6.65. The Morgan fingerprint density at radius 1 is 1.35 bits per heavy atom. The third-order valence-electron chi connectivity index (χ3n) is 3.37. The van der Waals surface area contributed by atoms with Crippen molar-refractivity contribution in [2.24, 2.45) is 0 Å². The molecule has 5 nitrogen and oxygen atoms in total. The summed E-state index contributed by atoms with van der Waals surface area (Å²) in [4.78, 5) is 36.4. The van der Waals surface area contributed by atoms with Crippen LogP contribution in [0.5, 0.6) is 0 Å². The summed E-state index contributed by atoms with van der Waals surface area (Å²) >= 11 is 1.62. The summed E-state index contributed by atoms with van der Waals surface area (Å²) in [6.45, 7) is 3.50. The Kier molecular flexibility index (Phi) is 4.54. The number of hydrogen-bond donors (Lipinski definition) is 1. The average molecular weight is 294 g/mol. The molecule has 0 unspecified atom stereocenters. The molecule has 1 fully saturated rings. The lowest BCUT2D eigenvalue weighted by Crippen LogP contribution is -2.49. The number of rotatable bonds is 5. The maximum absolute atomic E-state index is 12.1. The molecular weight excluding hydrogens is 276 g/mol. The van der Waals surface area contributed by atoms with Crippen LogP contribution < -0.4 is 5.32 Å². The SMILES string of the molecule is C[C@H](C(=O)N[C@@H](C)Cc1ccsc1)N1C(=O)CCC1=O. The minimum atomic E-state index is -0.734. The number of imide groups is 1. The van der Waals surface area contributed by atoms with Crippen LogP contribution in [0.3, 0.4) is 0 Å². The second kappa shape index (κ2) is 6.17. The van der Waals surface area contributed by atoms with Crippen LogP contribution in [0.15, 0.2) is 16.8 Å². The number of nitrogens with one attached hydrogen (secondary N) is 1. The summed E-state index contributed by atoms with van der Waals surface area (Å²) < 4.78 is 0. The Bertz CT molecular complexity index is 496. The highest BCUT2D eigenvalue weighted by Crippen LogP contribution is 2.15. The number of amides is 3. The number of thiophene rings is 1. The molecule has 2 rings (SSSR count). The van der Waals surface area contributed by atoms with Crippen LogP contribution in [0.25, 0.3) is 0 Å². The second-order valence-corrected chi connectivity index (χ2v) is 5.86. The van der Waals surface area contributed by atoms with E-state index >= 15 is 0 Å². The van der Waals surface area contributed by atoms with Crippen molar-refractivity contribution in [2.75, 3.05) is 0 Å². The van der Waals surface area contributed by atoms with Crippen molar-refractivity contribution in [1.82, 2.24) is 10.2 Å². The van der Waals surface area contributed by atoms with Gasteiger partial charge in [-0.25, -0.2) is 0 Å². The second-order valence-electron chi connectivity index (χ2n) is 5.08. The molecule has 108 valence electrons. The fourth-order valence-corrected chi connectivity index (χ4v) is 3.00. The molecule has 1 saturated heterocycles. The molecule has 0 saturated carbocycles. The number of carbonyl (C=O) groups excluding carboxylic acids is 3. The summed E-state index contributed by atoms with van der Waals surface area (Å²) in [5.74, 6) is -0.803. The van der Waals surface area contributed by atoms with Gasteiger partial charge in [0.05, 0.1) is 0 Å². The zero-order valence-corrected chi connectivity index (χ0v) is 12.4. The van der Waals surface area contributed by atoms with E-state index in [0.29, 0.717) is 0 Å². The van der Waals surface area contributed by atoms with E-state index in [2.05, 4.69) is 5.32 Å². The summed E-state index contributed by atoms with van der Waals surface area (Å²) in [6, 6.07) is 1.25. The van der Waals surface area contributed by atoms with Crippen molar-refractivity contribution in [3.63, 3.8) is 0 Å². The van der Waals surface area contributed by atoms with Gasteiger partial charge in [0.25, 0.3) is 0 Å². The highest BCUT2D eigenvalue weighted by atomic mass is 32.1. The molecule has 1 aliphatic rings. The lowest BCUT2D eigenvalue weighted by atomic mass is 10.1. The summed E-state index contributed by atoms with van der Waals surface area (Å²) in [7, 11) is 0. The fraction of sp³-hybridized carbons (Fsp3) is 0.500. The largest absolute Gasteiger partial charge is 0.352 e.